The van der Waals surface area contributed by atoms with Crippen molar-refractivity contribution in [3.8, 4) is 11.5 Å². The van der Waals surface area contributed by atoms with Crippen molar-refractivity contribution in [1.29, 1.82) is 0 Å². The molecule has 0 aliphatic heterocycles. The van der Waals surface area contributed by atoms with Crippen LogP contribution in [0.25, 0.3) is 0 Å². The molecule has 2 aromatic carbocycles. The summed E-state index contributed by atoms with van der Waals surface area (Å²) in [6.07, 6.45) is 0.876. The Hall–Kier alpha value is -1.75. The van der Waals surface area contributed by atoms with Gasteiger partial charge in [0, 0.05) is 18.2 Å². The number of halogens is 1. The van der Waals surface area contributed by atoms with Crippen molar-refractivity contribution < 1.29 is 14.6 Å². The van der Waals surface area contributed by atoms with E-state index in [4.69, 9.17) is 9.47 Å². The molecule has 1 unspecified atom stereocenters. The molecule has 0 fully saturated rings. The topological polar surface area (TPSA) is 50.7 Å². The van der Waals surface area contributed by atoms with E-state index >= 15 is 0 Å². The molecule has 0 amide bonds. The quantitative estimate of drug-likeness (QED) is 0.647. The molecular weight excluding hydrogens is 350 g/mol. The third-order valence-corrected chi connectivity index (χ3v) is 4.16. The highest BCUT2D eigenvalue weighted by Crippen LogP contribution is 2.32. The lowest BCUT2D eigenvalue weighted by molar-refractivity contribution is 0.236. The first-order valence-electron chi connectivity index (χ1n) is 8.95. The number of para-hydroxylation sites is 1. The predicted molar refractivity (Wildman–Crippen MR) is 108 cm³/mol. The monoisotopic (exact) mass is 379 g/mol. The highest BCUT2D eigenvalue weighted by atomic mass is 35.5. The zero-order valence-electron chi connectivity index (χ0n) is 15.8. The van der Waals surface area contributed by atoms with Crippen molar-refractivity contribution in [2.24, 2.45) is 0 Å². The highest BCUT2D eigenvalue weighted by Gasteiger charge is 2.13. The minimum absolute atomic E-state index is 0. The second-order valence-electron chi connectivity index (χ2n) is 6.12. The Morgan fingerprint density at radius 2 is 1.77 bits per heavy atom. The van der Waals surface area contributed by atoms with Crippen LogP contribution < -0.4 is 14.8 Å². The van der Waals surface area contributed by atoms with Gasteiger partial charge in [-0.1, -0.05) is 48.9 Å². The number of hydrogen-bond acceptors (Lipinski definition) is 4. The summed E-state index contributed by atoms with van der Waals surface area (Å²) in [5, 5.41) is 12.7. The molecule has 0 aromatic heterocycles. The van der Waals surface area contributed by atoms with E-state index in [1.54, 1.807) is 0 Å². The maximum Gasteiger partial charge on any atom is 0.166 e. The number of aliphatic hydroxyl groups is 1. The molecule has 0 saturated carbocycles. The van der Waals surface area contributed by atoms with Crippen LogP contribution in [0.15, 0.2) is 42.5 Å². The Labute approximate surface area is 162 Å². The van der Waals surface area contributed by atoms with Gasteiger partial charge in [-0.15, -0.1) is 12.4 Å². The average Bonchev–Trinajstić information content (AvgIpc) is 2.63. The van der Waals surface area contributed by atoms with Gasteiger partial charge in [0.15, 0.2) is 11.5 Å². The molecule has 1 atom stereocenters. The van der Waals surface area contributed by atoms with Gasteiger partial charge in [0.1, 0.15) is 6.61 Å². The minimum atomic E-state index is 0. The van der Waals surface area contributed by atoms with E-state index in [0.717, 1.165) is 29.0 Å². The molecule has 2 rings (SSSR count). The summed E-state index contributed by atoms with van der Waals surface area (Å²) >= 11 is 0. The molecule has 0 radical (unpaired) electrons. The summed E-state index contributed by atoms with van der Waals surface area (Å²) in [5.74, 6) is 1.52. The normalized spacial score (nSPS) is 11.5. The number of benzene rings is 2. The van der Waals surface area contributed by atoms with Crippen LogP contribution in [0.3, 0.4) is 0 Å². The standard InChI is InChI=1S/C21H29NO3.ClH/c1-4-19(14-23)22-13-18-7-6-8-20(24-5-2)21(18)25-15-17-11-9-16(3)10-12-17;/h6-12,19,22-23H,4-5,13-15H2,1-3H3;1H. The fraction of sp³-hybridized carbons (Fsp3) is 0.429. The fourth-order valence-corrected chi connectivity index (χ4v) is 2.57. The van der Waals surface area contributed by atoms with E-state index in [-0.39, 0.29) is 25.1 Å². The maximum absolute atomic E-state index is 9.37. The third kappa shape index (κ3) is 6.52. The van der Waals surface area contributed by atoms with Gasteiger partial charge in [0.25, 0.3) is 0 Å². The van der Waals surface area contributed by atoms with Crippen LogP contribution in [-0.4, -0.2) is 24.4 Å². The second-order valence-corrected chi connectivity index (χ2v) is 6.12. The van der Waals surface area contributed by atoms with Crippen LogP contribution in [0, 0.1) is 6.92 Å². The molecule has 0 bridgehead atoms. The van der Waals surface area contributed by atoms with E-state index in [9.17, 15) is 5.11 Å². The van der Waals surface area contributed by atoms with Gasteiger partial charge in [-0.25, -0.2) is 0 Å². The van der Waals surface area contributed by atoms with E-state index in [1.165, 1.54) is 5.56 Å². The van der Waals surface area contributed by atoms with Crippen molar-refractivity contribution in [2.45, 2.75) is 46.4 Å². The van der Waals surface area contributed by atoms with Crippen molar-refractivity contribution in [3.05, 3.63) is 59.2 Å². The minimum Gasteiger partial charge on any atom is -0.490 e. The molecule has 5 heteroatoms. The maximum atomic E-state index is 9.37. The Morgan fingerprint density at radius 1 is 1.04 bits per heavy atom. The molecule has 2 N–H and O–H groups in total. The summed E-state index contributed by atoms with van der Waals surface area (Å²) in [6, 6.07) is 14.3. The molecule has 0 spiro atoms. The molecule has 4 nitrogen and oxygen atoms in total. The number of aliphatic hydroxyl groups excluding tert-OH is 1. The SMILES string of the molecule is CCOc1cccc(CNC(CC)CO)c1OCc1ccc(C)cc1.Cl. The van der Waals surface area contributed by atoms with Crippen molar-refractivity contribution in [1.82, 2.24) is 5.32 Å². The lowest BCUT2D eigenvalue weighted by atomic mass is 10.1. The van der Waals surface area contributed by atoms with E-state index in [0.29, 0.717) is 19.8 Å². The molecule has 0 aliphatic rings. The summed E-state index contributed by atoms with van der Waals surface area (Å²) in [4.78, 5) is 0. The summed E-state index contributed by atoms with van der Waals surface area (Å²) in [5.41, 5.74) is 3.39. The van der Waals surface area contributed by atoms with Crippen molar-refractivity contribution >= 4 is 12.4 Å². The van der Waals surface area contributed by atoms with Crippen LogP contribution in [-0.2, 0) is 13.2 Å². The first kappa shape index (κ1) is 22.3. The summed E-state index contributed by atoms with van der Waals surface area (Å²) in [7, 11) is 0. The first-order valence-corrected chi connectivity index (χ1v) is 8.95. The van der Waals surface area contributed by atoms with E-state index in [1.807, 2.05) is 25.1 Å². The largest absolute Gasteiger partial charge is 0.490 e. The molecule has 0 saturated heterocycles. The van der Waals surface area contributed by atoms with Crippen molar-refractivity contribution in [2.75, 3.05) is 13.2 Å². The van der Waals surface area contributed by atoms with Crippen molar-refractivity contribution in [3.63, 3.8) is 0 Å². The lowest BCUT2D eigenvalue weighted by Gasteiger charge is -2.19. The number of rotatable bonds is 10. The smallest absolute Gasteiger partial charge is 0.166 e. The molecule has 144 valence electrons. The van der Waals surface area contributed by atoms with Gasteiger partial charge in [-0.3, -0.25) is 0 Å². The molecule has 26 heavy (non-hydrogen) atoms. The van der Waals surface area contributed by atoms with Gasteiger partial charge in [-0.2, -0.15) is 0 Å². The van der Waals surface area contributed by atoms with E-state index in [2.05, 4.69) is 43.4 Å². The predicted octanol–water partition coefficient (Wildman–Crippen LogP) is 4.26. The number of aryl methyl sites for hydroxylation is 1. The van der Waals surface area contributed by atoms with Gasteiger partial charge >= 0.3 is 0 Å². The van der Waals surface area contributed by atoms with Crippen LogP contribution in [0.2, 0.25) is 0 Å². The Balaban J connectivity index is 0.00000338. The Bertz CT molecular complexity index is 642. The van der Waals surface area contributed by atoms with Crippen LogP contribution >= 0.6 is 12.4 Å². The second kappa shape index (κ2) is 11.8. The number of nitrogens with one attached hydrogen (secondary N) is 1. The van der Waals surface area contributed by atoms with Gasteiger partial charge in [0.05, 0.1) is 13.2 Å². The molecule has 0 heterocycles. The first-order chi connectivity index (χ1) is 12.2. The van der Waals surface area contributed by atoms with Crippen LogP contribution in [0.4, 0.5) is 0 Å². The zero-order chi connectivity index (χ0) is 18.1. The average molecular weight is 380 g/mol. The van der Waals surface area contributed by atoms with Gasteiger partial charge in [0.2, 0.25) is 0 Å². The third-order valence-electron chi connectivity index (χ3n) is 4.16. The van der Waals surface area contributed by atoms with E-state index < -0.39 is 0 Å². The summed E-state index contributed by atoms with van der Waals surface area (Å²) < 4.78 is 11.9. The fourth-order valence-electron chi connectivity index (χ4n) is 2.57. The van der Waals surface area contributed by atoms with Crippen LogP contribution in [0.5, 0.6) is 11.5 Å². The Kier molecular flexibility index (Phi) is 10.1. The molecule has 2 aromatic rings. The summed E-state index contributed by atoms with van der Waals surface area (Å²) in [6.45, 7) is 7.93. The number of ether oxygens (including phenoxy) is 2. The lowest BCUT2D eigenvalue weighted by Crippen LogP contribution is -2.31. The Morgan fingerprint density at radius 3 is 2.38 bits per heavy atom. The number of hydrogen-bond donors (Lipinski definition) is 2. The highest BCUT2D eigenvalue weighted by molar-refractivity contribution is 5.85. The van der Waals surface area contributed by atoms with Crippen LogP contribution in [0.1, 0.15) is 37.0 Å². The van der Waals surface area contributed by atoms with Gasteiger partial charge in [-0.05, 0) is 31.9 Å². The molecular formula is C21H30ClNO3. The zero-order valence-corrected chi connectivity index (χ0v) is 16.6. The molecule has 0 aliphatic carbocycles. The van der Waals surface area contributed by atoms with Gasteiger partial charge < -0.3 is 19.9 Å².